The summed E-state index contributed by atoms with van der Waals surface area (Å²) in [5, 5.41) is 3.41. The first kappa shape index (κ1) is 23.2. The minimum Gasteiger partial charge on any atom is -0.355 e. The van der Waals surface area contributed by atoms with E-state index in [9.17, 15) is 9.59 Å². The normalized spacial score (nSPS) is 12.0. The predicted octanol–water partition coefficient (Wildman–Crippen LogP) is 4.25. The van der Waals surface area contributed by atoms with E-state index in [0.717, 1.165) is 43.4 Å². The van der Waals surface area contributed by atoms with Gasteiger partial charge < -0.3 is 5.32 Å². The Bertz CT molecular complexity index is 849. The Morgan fingerprint density at radius 3 is 2.55 bits per heavy atom. The molecule has 0 aliphatic rings. The minimum atomic E-state index is -0.237. The maximum absolute atomic E-state index is 13.0. The highest BCUT2D eigenvalue weighted by Gasteiger charge is 2.22. The second-order valence-corrected chi connectivity index (χ2v) is 8.55. The molecule has 2 rings (SSSR count). The maximum Gasteiger partial charge on any atom is 0.257 e. The van der Waals surface area contributed by atoms with Gasteiger partial charge in [-0.2, -0.15) is 0 Å². The van der Waals surface area contributed by atoms with E-state index in [1.165, 1.54) is 11.8 Å². The molecule has 1 amide bonds. The van der Waals surface area contributed by atoms with Crippen LogP contribution in [0, 0.1) is 6.92 Å². The van der Waals surface area contributed by atoms with Crippen molar-refractivity contribution in [2.24, 2.45) is 7.05 Å². The molecule has 5 nitrogen and oxygen atoms in total. The fourth-order valence-corrected chi connectivity index (χ4v) is 4.40. The Morgan fingerprint density at radius 2 is 1.90 bits per heavy atom. The van der Waals surface area contributed by atoms with Crippen LogP contribution in [0.15, 0.2) is 40.3 Å². The van der Waals surface area contributed by atoms with E-state index in [4.69, 9.17) is 0 Å². The molecule has 0 saturated carbocycles. The fourth-order valence-electron chi connectivity index (χ4n) is 3.17. The lowest BCUT2D eigenvalue weighted by Gasteiger charge is -2.18. The Labute approximate surface area is 178 Å². The number of nitrogens with one attached hydrogen (secondary N) is 1. The molecule has 6 heteroatoms. The summed E-state index contributed by atoms with van der Waals surface area (Å²) in [5.74, 6) is 0.0354. The van der Waals surface area contributed by atoms with E-state index in [1.54, 1.807) is 11.6 Å². The van der Waals surface area contributed by atoms with E-state index in [-0.39, 0.29) is 16.7 Å². The van der Waals surface area contributed by atoms with Crippen LogP contribution in [0.1, 0.15) is 62.8 Å². The summed E-state index contributed by atoms with van der Waals surface area (Å²) < 4.78 is 1.59. The fraction of sp³-hybridized carbons (Fsp3) is 0.522. The highest BCUT2D eigenvalue weighted by Crippen LogP contribution is 2.25. The number of aryl methyl sites for hydroxylation is 1. The second-order valence-electron chi connectivity index (χ2n) is 7.38. The van der Waals surface area contributed by atoms with Crippen LogP contribution in [0.3, 0.4) is 0 Å². The first-order valence-corrected chi connectivity index (χ1v) is 11.4. The third-order valence-electron chi connectivity index (χ3n) is 4.94. The summed E-state index contributed by atoms with van der Waals surface area (Å²) in [7, 11) is 1.74. The average Bonchev–Trinajstić information content (AvgIpc) is 2.72. The molecular formula is C23H33N3O2S. The highest BCUT2D eigenvalue weighted by molar-refractivity contribution is 8.00. The molecule has 1 unspecified atom stereocenters. The Kier molecular flexibility index (Phi) is 9.45. The molecule has 1 N–H and O–H groups in total. The van der Waals surface area contributed by atoms with Crippen LogP contribution in [0.2, 0.25) is 0 Å². The summed E-state index contributed by atoms with van der Waals surface area (Å²) in [6.07, 6.45) is 5.46. The van der Waals surface area contributed by atoms with Crippen LogP contribution >= 0.6 is 11.8 Å². The molecule has 1 aromatic carbocycles. The van der Waals surface area contributed by atoms with E-state index in [1.807, 2.05) is 37.3 Å². The molecule has 2 aromatic rings. The van der Waals surface area contributed by atoms with Gasteiger partial charge in [0.15, 0.2) is 5.16 Å². The van der Waals surface area contributed by atoms with Crippen LogP contribution < -0.4 is 10.9 Å². The number of aromatic nitrogens is 2. The summed E-state index contributed by atoms with van der Waals surface area (Å²) in [6, 6.07) is 9.94. The van der Waals surface area contributed by atoms with Gasteiger partial charge in [0, 0.05) is 31.3 Å². The second kappa shape index (κ2) is 11.8. The number of benzene rings is 1. The monoisotopic (exact) mass is 415 g/mol. The van der Waals surface area contributed by atoms with Gasteiger partial charge >= 0.3 is 0 Å². The van der Waals surface area contributed by atoms with Crippen molar-refractivity contribution in [2.75, 3.05) is 6.54 Å². The Morgan fingerprint density at radius 1 is 1.17 bits per heavy atom. The Hall–Kier alpha value is -2.08. The largest absolute Gasteiger partial charge is 0.355 e. The van der Waals surface area contributed by atoms with E-state index in [2.05, 4.69) is 24.1 Å². The number of nitrogens with zero attached hydrogens (tertiary/aromatic N) is 2. The maximum atomic E-state index is 13.0. The van der Waals surface area contributed by atoms with Gasteiger partial charge in [0.25, 0.3) is 5.56 Å². The van der Waals surface area contributed by atoms with Crippen molar-refractivity contribution < 1.29 is 4.79 Å². The summed E-state index contributed by atoms with van der Waals surface area (Å²) >= 11 is 1.39. The molecule has 1 atom stereocenters. The Balaban J connectivity index is 2.17. The molecule has 0 aliphatic carbocycles. The first-order chi connectivity index (χ1) is 14.0. The van der Waals surface area contributed by atoms with Crippen molar-refractivity contribution in [3.8, 4) is 0 Å². The zero-order valence-electron chi connectivity index (χ0n) is 18.0. The molecule has 0 spiro atoms. The first-order valence-electron chi connectivity index (χ1n) is 10.5. The van der Waals surface area contributed by atoms with Crippen molar-refractivity contribution in [2.45, 2.75) is 69.7 Å². The van der Waals surface area contributed by atoms with Crippen molar-refractivity contribution >= 4 is 17.7 Å². The van der Waals surface area contributed by atoms with Crippen molar-refractivity contribution in [3.63, 3.8) is 0 Å². The molecule has 0 radical (unpaired) electrons. The number of carbonyl (C=O) groups excluding carboxylic acids is 1. The van der Waals surface area contributed by atoms with Crippen LogP contribution in [-0.4, -0.2) is 27.3 Å². The number of thioether (sulfide) groups is 1. The zero-order chi connectivity index (χ0) is 21.2. The molecule has 158 valence electrons. The van der Waals surface area contributed by atoms with Gasteiger partial charge in [0.1, 0.15) is 0 Å². The van der Waals surface area contributed by atoms with Gasteiger partial charge in [-0.05, 0) is 25.3 Å². The van der Waals surface area contributed by atoms with Gasteiger partial charge in [-0.15, -0.1) is 0 Å². The number of carbonyl (C=O) groups is 1. The molecule has 1 heterocycles. The number of hydrogen-bond donors (Lipinski definition) is 1. The third-order valence-corrected chi connectivity index (χ3v) is 6.25. The quantitative estimate of drug-likeness (QED) is 0.339. The molecule has 29 heavy (non-hydrogen) atoms. The van der Waals surface area contributed by atoms with E-state index < -0.39 is 0 Å². The topological polar surface area (TPSA) is 64.0 Å². The lowest BCUT2D eigenvalue weighted by molar-refractivity contribution is -0.120. The molecule has 0 fully saturated rings. The van der Waals surface area contributed by atoms with Gasteiger partial charge in [0.05, 0.1) is 5.25 Å². The SMILES string of the molecule is CCCCCNC(=O)C(CCC)Sc1nc(C)c(Cc2ccccc2)c(=O)n1C. The standard InChI is InChI=1S/C23H33N3O2S/c1-5-7-11-15-24-21(27)20(12-6-2)29-23-25-17(3)19(22(28)26(23)4)16-18-13-9-8-10-14-18/h8-10,13-14,20H,5-7,11-12,15-16H2,1-4H3,(H,24,27). The number of amides is 1. The summed E-state index contributed by atoms with van der Waals surface area (Å²) in [6.45, 7) is 6.80. The van der Waals surface area contributed by atoms with Crippen molar-refractivity contribution in [1.82, 2.24) is 14.9 Å². The molecule has 0 saturated heterocycles. The van der Waals surface area contributed by atoms with Crippen LogP contribution in [0.5, 0.6) is 0 Å². The van der Waals surface area contributed by atoms with Gasteiger partial charge in [-0.3, -0.25) is 14.2 Å². The highest BCUT2D eigenvalue weighted by atomic mass is 32.2. The number of unbranched alkanes of at least 4 members (excludes halogenated alkanes) is 2. The molecular weight excluding hydrogens is 382 g/mol. The molecule has 0 bridgehead atoms. The van der Waals surface area contributed by atoms with Gasteiger partial charge in [0.2, 0.25) is 5.91 Å². The number of hydrogen-bond acceptors (Lipinski definition) is 4. The average molecular weight is 416 g/mol. The lowest BCUT2D eigenvalue weighted by Crippen LogP contribution is -2.34. The zero-order valence-corrected chi connectivity index (χ0v) is 18.8. The van der Waals surface area contributed by atoms with Crippen molar-refractivity contribution in [1.29, 1.82) is 0 Å². The van der Waals surface area contributed by atoms with Crippen LogP contribution in [-0.2, 0) is 18.3 Å². The minimum absolute atomic E-state index is 0.0354. The van der Waals surface area contributed by atoms with E-state index in [0.29, 0.717) is 23.7 Å². The van der Waals surface area contributed by atoms with Gasteiger partial charge in [-0.25, -0.2) is 4.98 Å². The smallest absolute Gasteiger partial charge is 0.257 e. The summed E-state index contributed by atoms with van der Waals surface area (Å²) in [4.78, 5) is 30.3. The van der Waals surface area contributed by atoms with Crippen molar-refractivity contribution in [3.05, 3.63) is 57.5 Å². The number of rotatable bonds is 11. The summed E-state index contributed by atoms with van der Waals surface area (Å²) in [5.41, 5.74) is 2.49. The lowest BCUT2D eigenvalue weighted by atomic mass is 10.1. The molecule has 0 aliphatic heterocycles. The van der Waals surface area contributed by atoms with E-state index >= 15 is 0 Å². The third kappa shape index (κ3) is 6.74. The van der Waals surface area contributed by atoms with Crippen LogP contribution in [0.4, 0.5) is 0 Å². The predicted molar refractivity (Wildman–Crippen MR) is 121 cm³/mol. The molecule has 1 aromatic heterocycles. The van der Waals surface area contributed by atoms with Gasteiger partial charge in [-0.1, -0.05) is 75.2 Å². The van der Waals surface area contributed by atoms with Crippen LogP contribution in [0.25, 0.3) is 0 Å².